The van der Waals surface area contributed by atoms with Gasteiger partial charge >= 0.3 is 39.5 Å². The summed E-state index contributed by atoms with van der Waals surface area (Å²) in [6.45, 7) is 9.55. The third-order valence-electron chi connectivity index (χ3n) is 18.2. The van der Waals surface area contributed by atoms with Crippen LogP contribution in [0.15, 0.2) is 0 Å². The fourth-order valence-electron chi connectivity index (χ4n) is 12.0. The number of aliphatic hydroxyl groups is 1. The first-order valence-corrected chi connectivity index (χ1v) is 43.5. The molecular formula is C78H152O17P2. The van der Waals surface area contributed by atoms with E-state index in [0.717, 1.165) is 102 Å². The van der Waals surface area contributed by atoms with E-state index in [2.05, 4.69) is 41.5 Å². The summed E-state index contributed by atoms with van der Waals surface area (Å²) in [5.41, 5.74) is 0. The number of ether oxygens (including phenoxy) is 4. The van der Waals surface area contributed by atoms with Gasteiger partial charge in [0.15, 0.2) is 12.2 Å². The van der Waals surface area contributed by atoms with Crippen LogP contribution in [-0.4, -0.2) is 96.7 Å². The van der Waals surface area contributed by atoms with Gasteiger partial charge in [0.1, 0.15) is 19.3 Å². The maximum absolute atomic E-state index is 13.1. The minimum absolute atomic E-state index is 0.106. The molecule has 0 aromatic carbocycles. The van der Waals surface area contributed by atoms with Crippen LogP contribution in [0.1, 0.15) is 408 Å². The number of carbonyl (C=O) groups is 4. The van der Waals surface area contributed by atoms with Crippen molar-refractivity contribution < 1.29 is 80.2 Å². The van der Waals surface area contributed by atoms with E-state index in [0.29, 0.717) is 31.6 Å². The van der Waals surface area contributed by atoms with Gasteiger partial charge in [0, 0.05) is 25.7 Å². The fourth-order valence-corrected chi connectivity index (χ4v) is 13.6. The molecule has 3 N–H and O–H groups in total. The van der Waals surface area contributed by atoms with E-state index in [1.54, 1.807) is 0 Å². The van der Waals surface area contributed by atoms with Gasteiger partial charge < -0.3 is 33.8 Å². The lowest BCUT2D eigenvalue weighted by molar-refractivity contribution is -0.161. The number of rotatable bonds is 77. The Morgan fingerprint density at radius 2 is 0.474 bits per heavy atom. The van der Waals surface area contributed by atoms with E-state index in [-0.39, 0.29) is 25.7 Å². The molecule has 0 aliphatic carbocycles. The molecular weight excluding hydrogens is 1270 g/mol. The maximum Gasteiger partial charge on any atom is 0.472 e. The molecule has 0 radical (unpaired) electrons. The van der Waals surface area contributed by atoms with Gasteiger partial charge in [-0.15, -0.1) is 0 Å². The molecule has 0 fully saturated rings. The van der Waals surface area contributed by atoms with Crippen molar-refractivity contribution >= 4 is 39.5 Å². The molecule has 0 aliphatic rings. The standard InChI is InChI=1S/C78H152O17P2/c1-7-9-11-13-15-17-19-21-23-25-27-29-34-38-42-50-56-62-77(82)94-73(66-88-75(80)60-54-48-41-37-33-28-26-24-22-20-18-16-14-12-10-8-2)68-92-96(84,85)90-64-72(79)65-91-97(86,87)93-69-74(67-89-76(81)61-55-49-45-44-47-53-59-71(5)6)95-78(83)63-57-51-43-39-35-31-30-32-36-40-46-52-58-70(3)4/h70-74,79H,7-69H2,1-6H3,(H,84,85)(H,86,87)/t72-,73-,74-/m1/s1. The SMILES string of the molecule is CCCCCCCCCCCCCCCCCCCC(=O)O[C@H](COC(=O)CCCCCCCCCCCCCCCCCC)COP(=O)(O)OC[C@@H](O)COP(=O)(O)OC[C@@H](COC(=O)CCCCCCCCC(C)C)OC(=O)CCCCCCCCCCCCCCC(C)C. The molecule has 0 saturated heterocycles. The zero-order valence-electron chi connectivity index (χ0n) is 63.4. The number of esters is 4. The van der Waals surface area contributed by atoms with E-state index < -0.39 is 97.5 Å². The molecule has 5 atom stereocenters. The number of unbranched alkanes of at least 4 members (excludes halogenated alkanes) is 47. The van der Waals surface area contributed by atoms with Gasteiger partial charge in [-0.1, -0.05) is 356 Å². The molecule has 0 aromatic heterocycles. The van der Waals surface area contributed by atoms with Crippen molar-refractivity contribution in [2.75, 3.05) is 39.6 Å². The monoisotopic (exact) mass is 1420 g/mol. The first-order chi connectivity index (χ1) is 46.9. The lowest BCUT2D eigenvalue weighted by atomic mass is 10.0. The number of hydrogen-bond donors (Lipinski definition) is 3. The molecule has 17 nitrogen and oxygen atoms in total. The highest BCUT2D eigenvalue weighted by atomic mass is 31.2. The molecule has 576 valence electrons. The Hall–Kier alpha value is -1.94. The van der Waals surface area contributed by atoms with Crippen LogP contribution < -0.4 is 0 Å². The summed E-state index contributed by atoms with van der Waals surface area (Å²) in [5, 5.41) is 10.6. The van der Waals surface area contributed by atoms with Crippen LogP contribution in [0.2, 0.25) is 0 Å². The highest BCUT2D eigenvalue weighted by Gasteiger charge is 2.30. The van der Waals surface area contributed by atoms with Crippen LogP contribution in [0.5, 0.6) is 0 Å². The third-order valence-corrected chi connectivity index (χ3v) is 20.1. The summed E-state index contributed by atoms with van der Waals surface area (Å²) in [6, 6.07) is 0. The Bertz CT molecular complexity index is 1870. The summed E-state index contributed by atoms with van der Waals surface area (Å²) in [4.78, 5) is 72.9. The molecule has 19 heteroatoms. The lowest BCUT2D eigenvalue weighted by Gasteiger charge is -2.21. The maximum atomic E-state index is 13.1. The topological polar surface area (TPSA) is 237 Å². The largest absolute Gasteiger partial charge is 0.472 e. The summed E-state index contributed by atoms with van der Waals surface area (Å²) in [5.74, 6) is -0.657. The normalized spacial score (nSPS) is 14.0. The van der Waals surface area contributed by atoms with Crippen LogP contribution in [0.3, 0.4) is 0 Å². The van der Waals surface area contributed by atoms with Gasteiger partial charge in [-0.05, 0) is 37.5 Å². The molecule has 0 heterocycles. The predicted octanol–water partition coefficient (Wildman–Crippen LogP) is 23.1. The first kappa shape index (κ1) is 95.1. The quantitative estimate of drug-likeness (QED) is 0.0222. The zero-order valence-corrected chi connectivity index (χ0v) is 65.2. The Kier molecular flexibility index (Phi) is 68.4. The van der Waals surface area contributed by atoms with Gasteiger partial charge in [0.25, 0.3) is 0 Å². The van der Waals surface area contributed by atoms with Crippen LogP contribution >= 0.6 is 15.6 Å². The smallest absolute Gasteiger partial charge is 0.462 e. The van der Waals surface area contributed by atoms with Crippen LogP contribution in [0.4, 0.5) is 0 Å². The zero-order chi connectivity index (χ0) is 71.4. The van der Waals surface area contributed by atoms with Crippen LogP contribution in [0, 0.1) is 11.8 Å². The van der Waals surface area contributed by atoms with Crippen molar-refractivity contribution in [1.29, 1.82) is 0 Å². The minimum atomic E-state index is -4.96. The molecule has 0 spiro atoms. The second-order valence-electron chi connectivity index (χ2n) is 29.1. The number of phosphoric acid groups is 2. The number of aliphatic hydroxyl groups excluding tert-OH is 1. The molecule has 0 aliphatic heterocycles. The van der Waals surface area contributed by atoms with Gasteiger partial charge in [0.05, 0.1) is 26.4 Å². The lowest BCUT2D eigenvalue weighted by Crippen LogP contribution is -2.30. The number of hydrogen-bond acceptors (Lipinski definition) is 15. The molecule has 0 rings (SSSR count). The third kappa shape index (κ3) is 72.2. The number of carbonyl (C=O) groups excluding carboxylic acids is 4. The average molecular weight is 1420 g/mol. The van der Waals surface area contributed by atoms with Gasteiger partial charge in [-0.3, -0.25) is 37.3 Å². The second kappa shape index (κ2) is 69.8. The highest BCUT2D eigenvalue weighted by molar-refractivity contribution is 7.47. The minimum Gasteiger partial charge on any atom is -0.462 e. The molecule has 0 saturated carbocycles. The Labute approximate surface area is 594 Å². The summed E-state index contributed by atoms with van der Waals surface area (Å²) in [7, 11) is -9.91. The molecule has 0 aromatic rings. The molecule has 0 bridgehead atoms. The highest BCUT2D eigenvalue weighted by Crippen LogP contribution is 2.45. The van der Waals surface area contributed by atoms with Crippen molar-refractivity contribution in [3.63, 3.8) is 0 Å². The Morgan fingerprint density at radius 3 is 0.701 bits per heavy atom. The van der Waals surface area contributed by atoms with Gasteiger partial charge in [-0.2, -0.15) is 0 Å². The Morgan fingerprint density at radius 1 is 0.278 bits per heavy atom. The van der Waals surface area contributed by atoms with E-state index in [4.69, 9.17) is 37.0 Å². The summed E-state index contributed by atoms with van der Waals surface area (Å²) < 4.78 is 68.6. The summed E-state index contributed by atoms with van der Waals surface area (Å²) >= 11 is 0. The molecule has 2 unspecified atom stereocenters. The van der Waals surface area contributed by atoms with E-state index >= 15 is 0 Å². The molecule has 0 amide bonds. The van der Waals surface area contributed by atoms with Crippen LogP contribution in [0.25, 0.3) is 0 Å². The van der Waals surface area contributed by atoms with Gasteiger partial charge in [-0.25, -0.2) is 9.13 Å². The number of phosphoric ester groups is 2. The predicted molar refractivity (Wildman–Crippen MR) is 395 cm³/mol. The Balaban J connectivity index is 5.23. The van der Waals surface area contributed by atoms with Crippen molar-refractivity contribution in [3.8, 4) is 0 Å². The average Bonchev–Trinajstić information content (AvgIpc) is 1.19. The first-order valence-electron chi connectivity index (χ1n) is 40.5. The molecule has 97 heavy (non-hydrogen) atoms. The van der Waals surface area contributed by atoms with Crippen molar-refractivity contribution in [2.45, 2.75) is 426 Å². The van der Waals surface area contributed by atoms with Crippen molar-refractivity contribution in [1.82, 2.24) is 0 Å². The van der Waals surface area contributed by atoms with E-state index in [1.165, 1.54) is 218 Å². The summed E-state index contributed by atoms with van der Waals surface area (Å²) in [6.07, 6.45) is 58.4. The van der Waals surface area contributed by atoms with Crippen molar-refractivity contribution in [2.24, 2.45) is 11.8 Å². The second-order valence-corrected chi connectivity index (χ2v) is 32.0. The van der Waals surface area contributed by atoms with Crippen LogP contribution in [-0.2, 0) is 65.4 Å². The van der Waals surface area contributed by atoms with Crippen molar-refractivity contribution in [3.05, 3.63) is 0 Å². The fraction of sp³-hybridized carbons (Fsp3) is 0.949. The van der Waals surface area contributed by atoms with E-state index in [1.807, 2.05) is 0 Å². The van der Waals surface area contributed by atoms with E-state index in [9.17, 15) is 43.2 Å². The van der Waals surface area contributed by atoms with Gasteiger partial charge in [0.2, 0.25) is 0 Å².